The van der Waals surface area contributed by atoms with Crippen molar-refractivity contribution in [3.05, 3.63) is 34.7 Å². The zero-order valence-corrected chi connectivity index (χ0v) is 9.11. The fraction of sp³-hybridized carbons (Fsp3) is 0.111. The highest BCUT2D eigenvalue weighted by molar-refractivity contribution is 9.10. The van der Waals surface area contributed by atoms with Crippen LogP contribution < -0.4 is 5.73 Å². The highest BCUT2D eigenvalue weighted by Gasteiger charge is 2.12. The molecule has 1 rings (SSSR count). The maximum Gasteiger partial charge on any atom is 0.341 e. The topological polar surface area (TPSA) is 65.2 Å². The molecular weight excluding hydrogens is 248 g/mol. The monoisotopic (exact) mass is 256 g/mol. The number of carbonyl (C=O) groups is 1. The number of pyridine rings is 1. The lowest BCUT2D eigenvalue weighted by molar-refractivity contribution is -0.133. The standard InChI is InChI=1S/C9H9BrN2O2/c1-14-9(13)7(4-11)8-3-2-6(10)5-12-8/h2-5H,11H2,1H3/b7-4+. The van der Waals surface area contributed by atoms with Gasteiger partial charge in [-0.25, -0.2) is 4.79 Å². The van der Waals surface area contributed by atoms with Gasteiger partial charge in [-0.05, 0) is 28.1 Å². The summed E-state index contributed by atoms with van der Waals surface area (Å²) >= 11 is 3.24. The van der Waals surface area contributed by atoms with Gasteiger partial charge in [0.15, 0.2) is 0 Å². The molecule has 0 aliphatic heterocycles. The second-order valence-corrected chi connectivity index (χ2v) is 3.35. The number of ether oxygens (including phenoxy) is 1. The molecule has 0 bridgehead atoms. The van der Waals surface area contributed by atoms with Crippen LogP contribution in [-0.2, 0) is 9.53 Å². The van der Waals surface area contributed by atoms with E-state index in [1.807, 2.05) is 0 Å². The van der Waals surface area contributed by atoms with Crippen LogP contribution in [0.5, 0.6) is 0 Å². The predicted octanol–water partition coefficient (Wildman–Crippen LogP) is 1.32. The van der Waals surface area contributed by atoms with Crippen LogP contribution in [0.25, 0.3) is 5.57 Å². The summed E-state index contributed by atoms with van der Waals surface area (Å²) in [6.07, 6.45) is 2.77. The molecule has 0 spiro atoms. The van der Waals surface area contributed by atoms with Gasteiger partial charge in [-0.3, -0.25) is 4.98 Å². The van der Waals surface area contributed by atoms with Crippen molar-refractivity contribution in [2.24, 2.45) is 5.73 Å². The highest BCUT2D eigenvalue weighted by atomic mass is 79.9. The van der Waals surface area contributed by atoms with Crippen LogP contribution in [0.4, 0.5) is 0 Å². The lowest BCUT2D eigenvalue weighted by Crippen LogP contribution is -2.07. The van der Waals surface area contributed by atoms with E-state index in [9.17, 15) is 4.79 Å². The SMILES string of the molecule is COC(=O)/C(=C/N)c1ccc(Br)cn1. The molecule has 0 radical (unpaired) electrons. The van der Waals surface area contributed by atoms with Gasteiger partial charge in [-0.15, -0.1) is 0 Å². The van der Waals surface area contributed by atoms with Gasteiger partial charge in [-0.2, -0.15) is 0 Å². The Morgan fingerprint density at radius 3 is 2.79 bits per heavy atom. The van der Waals surface area contributed by atoms with Crippen molar-refractivity contribution >= 4 is 27.5 Å². The van der Waals surface area contributed by atoms with Gasteiger partial charge in [0.1, 0.15) is 5.57 Å². The summed E-state index contributed by atoms with van der Waals surface area (Å²) < 4.78 is 5.38. The smallest absolute Gasteiger partial charge is 0.341 e. The quantitative estimate of drug-likeness (QED) is 0.641. The zero-order chi connectivity index (χ0) is 10.6. The van der Waals surface area contributed by atoms with Crippen molar-refractivity contribution in [2.45, 2.75) is 0 Å². The lowest BCUT2D eigenvalue weighted by atomic mass is 10.2. The van der Waals surface area contributed by atoms with Crippen LogP contribution in [0.1, 0.15) is 5.69 Å². The van der Waals surface area contributed by atoms with Crippen molar-refractivity contribution in [1.82, 2.24) is 4.98 Å². The van der Waals surface area contributed by atoms with E-state index in [0.717, 1.165) is 4.47 Å². The van der Waals surface area contributed by atoms with Crippen LogP contribution in [0.3, 0.4) is 0 Å². The minimum atomic E-state index is -0.498. The normalized spacial score (nSPS) is 11.1. The molecule has 14 heavy (non-hydrogen) atoms. The number of aromatic nitrogens is 1. The molecule has 0 unspecified atom stereocenters. The summed E-state index contributed by atoms with van der Waals surface area (Å²) in [4.78, 5) is 15.2. The predicted molar refractivity (Wildman–Crippen MR) is 56.1 cm³/mol. The number of rotatable bonds is 2. The van der Waals surface area contributed by atoms with E-state index in [-0.39, 0.29) is 5.57 Å². The average molecular weight is 257 g/mol. The average Bonchev–Trinajstić information content (AvgIpc) is 2.21. The van der Waals surface area contributed by atoms with Gasteiger partial charge in [0.05, 0.1) is 12.8 Å². The molecule has 0 saturated heterocycles. The van der Waals surface area contributed by atoms with Crippen LogP contribution in [0.15, 0.2) is 29.0 Å². The van der Waals surface area contributed by atoms with Gasteiger partial charge in [-0.1, -0.05) is 0 Å². The number of hydrogen-bond donors (Lipinski definition) is 1. The molecule has 0 saturated carbocycles. The summed E-state index contributed by atoms with van der Waals surface area (Å²) in [5.41, 5.74) is 6.04. The van der Waals surface area contributed by atoms with E-state index >= 15 is 0 Å². The zero-order valence-electron chi connectivity index (χ0n) is 7.53. The highest BCUT2D eigenvalue weighted by Crippen LogP contribution is 2.14. The molecule has 4 nitrogen and oxygen atoms in total. The molecule has 0 aliphatic carbocycles. The number of hydrogen-bond acceptors (Lipinski definition) is 4. The molecule has 5 heteroatoms. The van der Waals surface area contributed by atoms with Crippen molar-refractivity contribution in [1.29, 1.82) is 0 Å². The molecule has 74 valence electrons. The minimum Gasteiger partial charge on any atom is -0.465 e. The fourth-order valence-electron chi connectivity index (χ4n) is 0.903. The third kappa shape index (κ3) is 2.32. The Morgan fingerprint density at radius 1 is 1.64 bits per heavy atom. The number of esters is 1. The fourth-order valence-corrected chi connectivity index (χ4v) is 1.14. The van der Waals surface area contributed by atoms with Gasteiger partial charge >= 0.3 is 5.97 Å². The number of nitrogens with zero attached hydrogens (tertiary/aromatic N) is 1. The number of nitrogens with two attached hydrogens (primary N) is 1. The molecule has 0 fully saturated rings. The largest absolute Gasteiger partial charge is 0.465 e. The van der Waals surface area contributed by atoms with Crippen molar-refractivity contribution in [2.75, 3.05) is 7.11 Å². The molecule has 0 aliphatic rings. The van der Waals surface area contributed by atoms with Crippen LogP contribution in [0, 0.1) is 0 Å². The van der Waals surface area contributed by atoms with Crippen LogP contribution in [-0.4, -0.2) is 18.1 Å². The molecule has 0 amide bonds. The van der Waals surface area contributed by atoms with Crippen molar-refractivity contribution in [3.63, 3.8) is 0 Å². The summed E-state index contributed by atoms with van der Waals surface area (Å²) in [5.74, 6) is -0.498. The number of methoxy groups -OCH3 is 1. The Hall–Kier alpha value is -1.36. The molecular formula is C9H9BrN2O2. The molecule has 1 aromatic rings. The van der Waals surface area contributed by atoms with E-state index in [2.05, 4.69) is 25.7 Å². The molecule has 1 aromatic heterocycles. The number of carbonyl (C=O) groups excluding carboxylic acids is 1. The second-order valence-electron chi connectivity index (χ2n) is 2.43. The van der Waals surface area contributed by atoms with Gasteiger partial charge < -0.3 is 10.5 Å². The van der Waals surface area contributed by atoms with E-state index in [4.69, 9.17) is 5.73 Å². The first-order valence-corrected chi connectivity index (χ1v) is 4.60. The first-order chi connectivity index (χ1) is 6.69. The van der Waals surface area contributed by atoms with Gasteiger partial charge in [0.25, 0.3) is 0 Å². The Kier molecular flexibility index (Phi) is 3.64. The Bertz CT molecular complexity index is 360. The number of halogens is 1. The van der Waals surface area contributed by atoms with Crippen LogP contribution in [0.2, 0.25) is 0 Å². The van der Waals surface area contributed by atoms with E-state index < -0.39 is 5.97 Å². The van der Waals surface area contributed by atoms with Crippen LogP contribution >= 0.6 is 15.9 Å². The van der Waals surface area contributed by atoms with Gasteiger partial charge in [0.2, 0.25) is 0 Å². The Balaban J connectivity index is 3.03. The summed E-state index contributed by atoms with van der Waals surface area (Å²) in [6, 6.07) is 3.45. The maximum atomic E-state index is 11.2. The first-order valence-electron chi connectivity index (χ1n) is 3.81. The van der Waals surface area contributed by atoms with Crippen molar-refractivity contribution < 1.29 is 9.53 Å². The molecule has 2 N–H and O–H groups in total. The molecule has 1 heterocycles. The lowest BCUT2D eigenvalue weighted by Gasteiger charge is -2.03. The molecule has 0 aromatic carbocycles. The van der Waals surface area contributed by atoms with E-state index in [1.165, 1.54) is 13.3 Å². The van der Waals surface area contributed by atoms with E-state index in [0.29, 0.717) is 5.69 Å². The third-order valence-corrected chi connectivity index (χ3v) is 2.04. The summed E-state index contributed by atoms with van der Waals surface area (Å²) in [6.45, 7) is 0. The Morgan fingerprint density at radius 2 is 2.36 bits per heavy atom. The maximum absolute atomic E-state index is 11.2. The molecule has 0 atom stereocenters. The van der Waals surface area contributed by atoms with Crippen molar-refractivity contribution in [3.8, 4) is 0 Å². The Labute approximate surface area is 89.9 Å². The van der Waals surface area contributed by atoms with Gasteiger partial charge in [0, 0.05) is 16.9 Å². The second kappa shape index (κ2) is 4.76. The summed E-state index contributed by atoms with van der Waals surface area (Å²) in [5, 5.41) is 0. The first kappa shape index (κ1) is 10.7. The third-order valence-electron chi connectivity index (χ3n) is 1.58. The minimum absolute atomic E-state index is 0.250. The summed E-state index contributed by atoms with van der Waals surface area (Å²) in [7, 11) is 1.30. The van der Waals surface area contributed by atoms with E-state index in [1.54, 1.807) is 18.3 Å².